The Morgan fingerprint density at radius 1 is 0.727 bits per heavy atom. The quantitative estimate of drug-likeness (QED) is 0.215. The first-order chi connectivity index (χ1) is 15.9. The van der Waals surface area contributed by atoms with Gasteiger partial charge in [0.05, 0.1) is 0 Å². The standard InChI is InChI=1S/C28H21F4N/c1-2-3-4-5-17-6-9-22-18(12-17)8-11-23(28(22)32)19-7-10-21(25(29)13-19)20-14-26(30)24(16-33)27(31)15-20/h6-15H,2-5H2,1H3. The van der Waals surface area contributed by atoms with E-state index in [0.29, 0.717) is 10.9 Å². The maximum Gasteiger partial charge on any atom is 0.144 e. The van der Waals surface area contributed by atoms with Crippen molar-refractivity contribution >= 4 is 10.8 Å². The number of rotatable bonds is 6. The SMILES string of the molecule is CCCCCc1ccc2c(F)c(-c3ccc(-c4cc(F)c(C#N)c(F)c4)c(F)c3)ccc2c1. The van der Waals surface area contributed by atoms with E-state index in [0.717, 1.165) is 54.8 Å². The van der Waals surface area contributed by atoms with Crippen molar-refractivity contribution in [2.24, 2.45) is 0 Å². The molecule has 0 aliphatic carbocycles. The highest BCUT2D eigenvalue weighted by Crippen LogP contribution is 2.33. The van der Waals surface area contributed by atoms with Crippen LogP contribution in [0.15, 0.2) is 60.7 Å². The molecular weight excluding hydrogens is 426 g/mol. The second-order valence-electron chi connectivity index (χ2n) is 8.06. The molecule has 0 heterocycles. The Bertz CT molecular complexity index is 1360. The summed E-state index contributed by atoms with van der Waals surface area (Å²) in [4.78, 5) is 0. The third-order valence-electron chi connectivity index (χ3n) is 5.83. The van der Waals surface area contributed by atoms with Crippen LogP contribution in [-0.2, 0) is 6.42 Å². The van der Waals surface area contributed by atoms with Crippen LogP contribution in [0.2, 0.25) is 0 Å². The first-order valence-electron chi connectivity index (χ1n) is 10.8. The topological polar surface area (TPSA) is 23.8 Å². The second-order valence-corrected chi connectivity index (χ2v) is 8.06. The second kappa shape index (κ2) is 9.46. The molecule has 33 heavy (non-hydrogen) atoms. The Morgan fingerprint density at radius 3 is 2.09 bits per heavy atom. The van der Waals surface area contributed by atoms with E-state index in [4.69, 9.17) is 5.26 Å². The maximum atomic E-state index is 15.3. The number of aryl methyl sites for hydroxylation is 1. The van der Waals surface area contributed by atoms with Gasteiger partial charge in [-0.25, -0.2) is 17.6 Å². The van der Waals surface area contributed by atoms with Gasteiger partial charge in [-0.3, -0.25) is 0 Å². The van der Waals surface area contributed by atoms with E-state index in [1.54, 1.807) is 12.1 Å². The van der Waals surface area contributed by atoms with Crippen LogP contribution in [0.5, 0.6) is 0 Å². The van der Waals surface area contributed by atoms with Gasteiger partial charge >= 0.3 is 0 Å². The third kappa shape index (κ3) is 4.47. The van der Waals surface area contributed by atoms with Gasteiger partial charge in [0.1, 0.15) is 34.9 Å². The predicted molar refractivity (Wildman–Crippen MR) is 123 cm³/mol. The Morgan fingerprint density at radius 2 is 1.42 bits per heavy atom. The molecule has 166 valence electrons. The van der Waals surface area contributed by atoms with Crippen molar-refractivity contribution in [3.8, 4) is 28.3 Å². The number of hydrogen-bond acceptors (Lipinski definition) is 1. The zero-order chi connectivity index (χ0) is 23.5. The van der Waals surface area contributed by atoms with E-state index in [9.17, 15) is 13.2 Å². The van der Waals surface area contributed by atoms with Gasteiger partial charge in [-0.15, -0.1) is 0 Å². The fourth-order valence-electron chi connectivity index (χ4n) is 4.05. The lowest BCUT2D eigenvalue weighted by Gasteiger charge is -2.11. The lowest BCUT2D eigenvalue weighted by atomic mass is 9.95. The van der Waals surface area contributed by atoms with E-state index >= 15 is 4.39 Å². The lowest BCUT2D eigenvalue weighted by molar-refractivity contribution is 0.577. The van der Waals surface area contributed by atoms with E-state index in [1.165, 1.54) is 18.2 Å². The van der Waals surface area contributed by atoms with Crippen molar-refractivity contribution in [2.45, 2.75) is 32.6 Å². The van der Waals surface area contributed by atoms with Gasteiger partial charge in [-0.05, 0) is 53.1 Å². The summed E-state index contributed by atoms with van der Waals surface area (Å²) < 4.78 is 58.1. The summed E-state index contributed by atoms with van der Waals surface area (Å²) in [5.41, 5.74) is 0.908. The molecule has 0 atom stereocenters. The fraction of sp³-hybridized carbons (Fsp3) is 0.179. The minimum atomic E-state index is -1.06. The van der Waals surface area contributed by atoms with E-state index in [2.05, 4.69) is 6.92 Å². The number of unbranched alkanes of at least 4 members (excludes halogenated alkanes) is 2. The summed E-state index contributed by atoms with van der Waals surface area (Å²) in [5.74, 6) is -3.33. The van der Waals surface area contributed by atoms with Crippen LogP contribution >= 0.6 is 0 Å². The molecule has 0 aliphatic heterocycles. The average molecular weight is 447 g/mol. The van der Waals surface area contributed by atoms with Crippen molar-refractivity contribution in [3.05, 3.63) is 95.1 Å². The number of hydrogen-bond donors (Lipinski definition) is 0. The molecule has 0 fully saturated rings. The van der Waals surface area contributed by atoms with Crippen LogP contribution in [0.4, 0.5) is 17.6 Å². The molecule has 0 spiro atoms. The lowest BCUT2D eigenvalue weighted by Crippen LogP contribution is -1.94. The molecule has 0 bridgehead atoms. The van der Waals surface area contributed by atoms with Crippen molar-refractivity contribution < 1.29 is 17.6 Å². The maximum absolute atomic E-state index is 15.3. The first kappa shape index (κ1) is 22.5. The molecule has 0 N–H and O–H groups in total. The van der Waals surface area contributed by atoms with Crippen LogP contribution in [-0.4, -0.2) is 0 Å². The first-order valence-corrected chi connectivity index (χ1v) is 10.8. The highest BCUT2D eigenvalue weighted by molar-refractivity contribution is 5.89. The van der Waals surface area contributed by atoms with Crippen molar-refractivity contribution in [1.29, 1.82) is 5.26 Å². The van der Waals surface area contributed by atoms with Gasteiger partial charge in [-0.1, -0.05) is 62.2 Å². The number of nitrogens with zero attached hydrogens (tertiary/aromatic N) is 1. The van der Waals surface area contributed by atoms with Gasteiger partial charge < -0.3 is 0 Å². The third-order valence-corrected chi connectivity index (χ3v) is 5.83. The average Bonchev–Trinajstić information content (AvgIpc) is 2.79. The van der Waals surface area contributed by atoms with Crippen LogP contribution in [0.1, 0.15) is 37.3 Å². The number of nitriles is 1. The summed E-state index contributed by atoms with van der Waals surface area (Å²) in [6.45, 7) is 2.15. The molecule has 0 aliphatic rings. The number of halogens is 4. The molecule has 5 heteroatoms. The van der Waals surface area contributed by atoms with Gasteiger partial charge in [-0.2, -0.15) is 5.26 Å². The summed E-state index contributed by atoms with van der Waals surface area (Å²) in [5, 5.41) is 10.0. The molecule has 0 saturated heterocycles. The zero-order valence-corrected chi connectivity index (χ0v) is 18.1. The molecule has 0 aromatic heterocycles. The molecule has 4 aromatic carbocycles. The summed E-state index contributed by atoms with van der Waals surface area (Å²) in [7, 11) is 0. The van der Waals surface area contributed by atoms with Crippen LogP contribution in [0.25, 0.3) is 33.0 Å². The van der Waals surface area contributed by atoms with Crippen LogP contribution in [0.3, 0.4) is 0 Å². The predicted octanol–water partition coefficient (Wildman–Crippen LogP) is 8.33. The number of benzene rings is 4. The molecule has 0 amide bonds. The molecular formula is C28H21F4N. The summed E-state index contributed by atoms with van der Waals surface area (Å²) >= 11 is 0. The monoisotopic (exact) mass is 447 g/mol. The molecule has 1 nitrogen and oxygen atoms in total. The Balaban J connectivity index is 1.69. The van der Waals surface area contributed by atoms with Crippen LogP contribution in [0, 0.1) is 34.6 Å². The van der Waals surface area contributed by atoms with Gasteiger partial charge in [0.15, 0.2) is 0 Å². The summed E-state index contributed by atoms with van der Waals surface area (Å²) in [6, 6.07) is 16.3. The van der Waals surface area contributed by atoms with Gasteiger partial charge in [0.2, 0.25) is 0 Å². The van der Waals surface area contributed by atoms with E-state index in [1.807, 2.05) is 18.2 Å². The highest BCUT2D eigenvalue weighted by atomic mass is 19.1. The largest absolute Gasteiger partial charge is 0.206 e. The Labute approximate surface area is 189 Å². The van der Waals surface area contributed by atoms with Crippen molar-refractivity contribution in [1.82, 2.24) is 0 Å². The molecule has 0 saturated carbocycles. The normalized spacial score (nSPS) is 11.0. The van der Waals surface area contributed by atoms with Crippen LogP contribution < -0.4 is 0 Å². The molecule has 4 aromatic rings. The van der Waals surface area contributed by atoms with E-state index < -0.39 is 28.8 Å². The smallest absolute Gasteiger partial charge is 0.144 e. The highest BCUT2D eigenvalue weighted by Gasteiger charge is 2.16. The summed E-state index contributed by atoms with van der Waals surface area (Å²) in [6.07, 6.45) is 4.31. The Kier molecular flexibility index (Phi) is 6.46. The number of fused-ring (bicyclic) bond motifs is 1. The van der Waals surface area contributed by atoms with Crippen molar-refractivity contribution in [2.75, 3.05) is 0 Å². The minimum Gasteiger partial charge on any atom is -0.206 e. The Hall–Kier alpha value is -3.65. The molecule has 0 radical (unpaired) electrons. The molecule has 0 unspecified atom stereocenters. The zero-order valence-electron chi connectivity index (χ0n) is 18.1. The molecule has 4 rings (SSSR count). The van der Waals surface area contributed by atoms with Gasteiger partial charge in [0, 0.05) is 16.5 Å². The minimum absolute atomic E-state index is 0.0392. The van der Waals surface area contributed by atoms with Gasteiger partial charge in [0.25, 0.3) is 0 Å². The van der Waals surface area contributed by atoms with E-state index in [-0.39, 0.29) is 16.7 Å². The van der Waals surface area contributed by atoms with Crippen molar-refractivity contribution in [3.63, 3.8) is 0 Å². The fourth-order valence-corrected chi connectivity index (χ4v) is 4.05.